The molecular weight excluding hydrogens is 238 g/mol. The van der Waals surface area contributed by atoms with Crippen LogP contribution in [0, 0.1) is 11.3 Å². The van der Waals surface area contributed by atoms with E-state index in [0.29, 0.717) is 6.54 Å². The zero-order chi connectivity index (χ0) is 13.2. The number of para-hydroxylation sites is 1. The van der Waals surface area contributed by atoms with E-state index < -0.39 is 0 Å². The lowest BCUT2D eigenvalue weighted by Gasteiger charge is -2.18. The third-order valence-electron chi connectivity index (χ3n) is 3.29. The molecule has 0 atom stereocenters. The third kappa shape index (κ3) is 2.08. The first-order chi connectivity index (χ1) is 9.28. The predicted molar refractivity (Wildman–Crippen MR) is 72.4 cm³/mol. The van der Waals surface area contributed by atoms with Crippen molar-refractivity contribution in [3.05, 3.63) is 47.4 Å². The van der Waals surface area contributed by atoms with Crippen molar-refractivity contribution in [2.75, 3.05) is 17.2 Å². The number of nitriles is 1. The first kappa shape index (κ1) is 11.5. The van der Waals surface area contributed by atoms with E-state index in [2.05, 4.69) is 33.1 Å². The number of anilines is 2. The predicted octanol–water partition coefficient (Wildman–Crippen LogP) is 1.49. The van der Waals surface area contributed by atoms with Crippen LogP contribution in [0.1, 0.15) is 17.0 Å². The normalized spacial score (nSPS) is 13.1. The lowest BCUT2D eigenvalue weighted by Crippen LogP contribution is -2.21. The molecule has 5 nitrogen and oxygen atoms in total. The molecule has 3 rings (SSSR count). The molecule has 1 aromatic carbocycles. The van der Waals surface area contributed by atoms with Crippen LogP contribution in [0.5, 0.6) is 0 Å². The Morgan fingerprint density at radius 3 is 3.05 bits per heavy atom. The monoisotopic (exact) mass is 251 g/mol. The SMILES string of the molecule is N#Cc1nc(CN2CCc3ccccc32)cnc1N. The van der Waals surface area contributed by atoms with Gasteiger partial charge in [0.15, 0.2) is 11.5 Å². The van der Waals surface area contributed by atoms with E-state index in [1.165, 1.54) is 11.3 Å². The first-order valence-electron chi connectivity index (χ1n) is 6.12. The Kier molecular flexibility index (Phi) is 2.76. The Bertz CT molecular complexity index is 659. The molecule has 0 spiro atoms. The van der Waals surface area contributed by atoms with Gasteiger partial charge in [0.05, 0.1) is 18.4 Å². The zero-order valence-corrected chi connectivity index (χ0v) is 10.4. The van der Waals surface area contributed by atoms with Crippen LogP contribution in [0.25, 0.3) is 0 Å². The van der Waals surface area contributed by atoms with Crippen LogP contribution in [0.4, 0.5) is 11.5 Å². The summed E-state index contributed by atoms with van der Waals surface area (Å²) in [7, 11) is 0. The number of rotatable bonds is 2. The van der Waals surface area contributed by atoms with E-state index in [1.807, 2.05) is 12.1 Å². The number of nitrogens with zero attached hydrogens (tertiary/aromatic N) is 4. The molecule has 0 amide bonds. The maximum atomic E-state index is 8.92. The average molecular weight is 251 g/mol. The standard InChI is InChI=1S/C14H13N5/c15-7-12-14(16)17-8-11(18-12)9-19-6-5-10-3-1-2-4-13(10)19/h1-4,8H,5-6,9H2,(H2,16,17). The fraction of sp³-hybridized carbons (Fsp3) is 0.214. The van der Waals surface area contributed by atoms with Gasteiger partial charge in [-0.3, -0.25) is 0 Å². The van der Waals surface area contributed by atoms with Gasteiger partial charge in [0.25, 0.3) is 0 Å². The first-order valence-corrected chi connectivity index (χ1v) is 6.12. The highest BCUT2D eigenvalue weighted by molar-refractivity contribution is 5.58. The van der Waals surface area contributed by atoms with Crippen LogP contribution < -0.4 is 10.6 Å². The molecule has 1 aromatic heterocycles. The summed E-state index contributed by atoms with van der Waals surface area (Å²) in [5.74, 6) is 0.188. The molecule has 0 unspecified atom stereocenters. The van der Waals surface area contributed by atoms with Gasteiger partial charge < -0.3 is 10.6 Å². The van der Waals surface area contributed by atoms with Gasteiger partial charge in [-0.05, 0) is 18.1 Å². The highest BCUT2D eigenvalue weighted by Crippen LogP contribution is 2.28. The Morgan fingerprint density at radius 2 is 2.21 bits per heavy atom. The number of nitrogen functional groups attached to an aromatic ring is 1. The van der Waals surface area contributed by atoms with E-state index in [0.717, 1.165) is 18.7 Å². The van der Waals surface area contributed by atoms with Gasteiger partial charge in [-0.15, -0.1) is 0 Å². The Labute approximate surface area is 111 Å². The van der Waals surface area contributed by atoms with Crippen molar-refractivity contribution in [2.24, 2.45) is 0 Å². The van der Waals surface area contributed by atoms with Crippen LogP contribution in [-0.4, -0.2) is 16.5 Å². The van der Waals surface area contributed by atoms with Gasteiger partial charge in [0.2, 0.25) is 0 Å². The Morgan fingerprint density at radius 1 is 1.37 bits per heavy atom. The minimum Gasteiger partial charge on any atom is -0.381 e. The summed E-state index contributed by atoms with van der Waals surface area (Å²) in [6.45, 7) is 1.62. The van der Waals surface area contributed by atoms with Crippen molar-refractivity contribution >= 4 is 11.5 Å². The van der Waals surface area contributed by atoms with Gasteiger partial charge in [-0.25, -0.2) is 9.97 Å². The van der Waals surface area contributed by atoms with Crippen molar-refractivity contribution in [2.45, 2.75) is 13.0 Å². The summed E-state index contributed by atoms with van der Waals surface area (Å²) in [6, 6.07) is 10.3. The van der Waals surface area contributed by atoms with E-state index in [-0.39, 0.29) is 11.5 Å². The highest BCUT2D eigenvalue weighted by atomic mass is 15.2. The smallest absolute Gasteiger partial charge is 0.183 e. The molecular formula is C14H13N5. The lowest BCUT2D eigenvalue weighted by molar-refractivity contribution is 0.807. The van der Waals surface area contributed by atoms with Crippen molar-refractivity contribution in [1.82, 2.24) is 9.97 Å². The molecule has 1 aliphatic rings. The number of fused-ring (bicyclic) bond motifs is 1. The summed E-state index contributed by atoms with van der Waals surface area (Å²) in [6.07, 6.45) is 2.68. The molecule has 0 saturated heterocycles. The van der Waals surface area contributed by atoms with E-state index in [9.17, 15) is 0 Å². The van der Waals surface area contributed by atoms with E-state index in [1.54, 1.807) is 6.20 Å². The fourth-order valence-electron chi connectivity index (χ4n) is 2.36. The highest BCUT2D eigenvalue weighted by Gasteiger charge is 2.19. The summed E-state index contributed by atoms with van der Waals surface area (Å²) >= 11 is 0. The van der Waals surface area contributed by atoms with Crippen molar-refractivity contribution < 1.29 is 0 Å². The van der Waals surface area contributed by atoms with Gasteiger partial charge in [-0.2, -0.15) is 5.26 Å². The lowest BCUT2D eigenvalue weighted by atomic mass is 10.2. The molecule has 2 N–H and O–H groups in total. The number of benzene rings is 1. The van der Waals surface area contributed by atoms with Crippen LogP contribution in [0.15, 0.2) is 30.5 Å². The molecule has 94 valence electrons. The van der Waals surface area contributed by atoms with Gasteiger partial charge in [0, 0.05) is 12.2 Å². The van der Waals surface area contributed by atoms with Crippen molar-refractivity contribution in [1.29, 1.82) is 5.26 Å². The van der Waals surface area contributed by atoms with Gasteiger partial charge >= 0.3 is 0 Å². The second-order valence-electron chi connectivity index (χ2n) is 4.51. The van der Waals surface area contributed by atoms with E-state index >= 15 is 0 Å². The molecule has 0 bridgehead atoms. The van der Waals surface area contributed by atoms with Crippen LogP contribution in [0.2, 0.25) is 0 Å². The van der Waals surface area contributed by atoms with Crippen molar-refractivity contribution in [3.63, 3.8) is 0 Å². The van der Waals surface area contributed by atoms with Crippen LogP contribution in [0.3, 0.4) is 0 Å². The molecule has 0 aliphatic carbocycles. The number of hydrogen-bond acceptors (Lipinski definition) is 5. The number of nitrogens with two attached hydrogens (primary N) is 1. The maximum Gasteiger partial charge on any atom is 0.183 e. The minimum absolute atomic E-state index is 0.188. The summed E-state index contributed by atoms with van der Waals surface area (Å²) in [5.41, 5.74) is 9.13. The van der Waals surface area contributed by atoms with Gasteiger partial charge in [0.1, 0.15) is 6.07 Å². The maximum absolute atomic E-state index is 8.92. The molecule has 1 aliphatic heterocycles. The summed E-state index contributed by atoms with van der Waals surface area (Å²) in [4.78, 5) is 10.5. The largest absolute Gasteiger partial charge is 0.381 e. The Balaban J connectivity index is 1.86. The van der Waals surface area contributed by atoms with E-state index in [4.69, 9.17) is 11.0 Å². The Hall–Kier alpha value is -2.61. The number of aromatic nitrogens is 2. The molecule has 0 radical (unpaired) electrons. The van der Waals surface area contributed by atoms with Crippen LogP contribution in [-0.2, 0) is 13.0 Å². The quantitative estimate of drug-likeness (QED) is 0.874. The topological polar surface area (TPSA) is 78.8 Å². The molecule has 2 aromatic rings. The molecule has 0 fully saturated rings. The molecule has 19 heavy (non-hydrogen) atoms. The second kappa shape index (κ2) is 4.58. The molecule has 2 heterocycles. The number of hydrogen-bond donors (Lipinski definition) is 1. The third-order valence-corrected chi connectivity index (χ3v) is 3.29. The minimum atomic E-state index is 0.188. The zero-order valence-electron chi connectivity index (χ0n) is 10.4. The molecule has 5 heteroatoms. The van der Waals surface area contributed by atoms with Gasteiger partial charge in [-0.1, -0.05) is 18.2 Å². The second-order valence-corrected chi connectivity index (χ2v) is 4.51. The summed E-state index contributed by atoms with van der Waals surface area (Å²) < 4.78 is 0. The summed E-state index contributed by atoms with van der Waals surface area (Å²) in [5, 5.41) is 8.92. The average Bonchev–Trinajstić information content (AvgIpc) is 2.84. The fourth-order valence-corrected chi connectivity index (χ4v) is 2.36. The van der Waals surface area contributed by atoms with Crippen molar-refractivity contribution in [3.8, 4) is 6.07 Å². The molecule has 0 saturated carbocycles. The van der Waals surface area contributed by atoms with Crippen LogP contribution >= 0.6 is 0 Å².